The normalized spacial score (nSPS) is 11.5. The third-order valence-corrected chi connectivity index (χ3v) is 5.38. The lowest BCUT2D eigenvalue weighted by Gasteiger charge is -1.95. The van der Waals surface area contributed by atoms with E-state index in [2.05, 4.69) is 55.1 Å². The fraction of sp³-hybridized carbons (Fsp3) is 0. The van der Waals surface area contributed by atoms with Crippen molar-refractivity contribution < 1.29 is 8.83 Å². The molecule has 126 valence electrons. The minimum Gasteiger partial charge on any atom is -0.436 e. The van der Waals surface area contributed by atoms with E-state index >= 15 is 0 Å². The summed E-state index contributed by atoms with van der Waals surface area (Å²) in [5.41, 5.74) is 4.84. The number of benzene rings is 3. The highest BCUT2D eigenvalue weighted by atomic mass is 127. The summed E-state index contributed by atoms with van der Waals surface area (Å²) in [6.45, 7) is 0. The van der Waals surface area contributed by atoms with Gasteiger partial charge in [-0.15, -0.1) is 0 Å². The lowest BCUT2D eigenvalue weighted by Crippen LogP contribution is -1.78. The number of oxazole rings is 2. The van der Waals surface area contributed by atoms with Crippen molar-refractivity contribution >= 4 is 67.4 Å². The number of rotatable bonds is 2. The van der Waals surface area contributed by atoms with Crippen molar-refractivity contribution in [1.82, 2.24) is 9.97 Å². The second-order valence-corrected chi connectivity index (χ2v) is 8.34. The van der Waals surface area contributed by atoms with Crippen LogP contribution in [-0.4, -0.2) is 9.97 Å². The topological polar surface area (TPSA) is 52.1 Å². The zero-order valence-corrected chi connectivity index (χ0v) is 17.6. The van der Waals surface area contributed by atoms with E-state index in [1.165, 1.54) is 0 Å². The van der Waals surface area contributed by atoms with E-state index in [-0.39, 0.29) is 0 Å². The fourth-order valence-electron chi connectivity index (χ4n) is 2.84. The minimum atomic E-state index is 0.601. The first kappa shape index (κ1) is 16.2. The summed E-state index contributed by atoms with van der Waals surface area (Å²) in [7, 11) is 0. The van der Waals surface area contributed by atoms with E-state index in [1.54, 1.807) is 0 Å². The van der Waals surface area contributed by atoms with Crippen LogP contribution in [0.4, 0.5) is 0 Å². The van der Waals surface area contributed by atoms with Crippen LogP contribution in [0.3, 0.4) is 0 Å². The predicted molar refractivity (Wildman–Crippen MR) is 118 cm³/mol. The van der Waals surface area contributed by atoms with Gasteiger partial charge in [-0.25, -0.2) is 9.97 Å². The maximum absolute atomic E-state index is 5.95. The zero-order chi connectivity index (χ0) is 17.7. The summed E-state index contributed by atoms with van der Waals surface area (Å²) in [5.74, 6) is 1.20. The number of nitrogens with zero attached hydrogens (tertiary/aromatic N) is 2. The van der Waals surface area contributed by atoms with Crippen molar-refractivity contribution in [2.24, 2.45) is 0 Å². The van der Waals surface area contributed by atoms with Crippen molar-refractivity contribution in [2.75, 3.05) is 0 Å². The number of aromatic nitrogens is 2. The van der Waals surface area contributed by atoms with Crippen LogP contribution in [0, 0.1) is 7.14 Å². The van der Waals surface area contributed by atoms with Crippen LogP contribution in [0.15, 0.2) is 69.5 Å². The summed E-state index contributed by atoms with van der Waals surface area (Å²) in [6, 6.07) is 19.9. The Labute approximate surface area is 175 Å². The third-order valence-electron chi connectivity index (χ3n) is 4.04. The number of hydrogen-bond acceptors (Lipinski definition) is 4. The molecule has 2 heterocycles. The van der Waals surface area contributed by atoms with Gasteiger partial charge in [0.15, 0.2) is 11.2 Å². The van der Waals surface area contributed by atoms with E-state index < -0.39 is 0 Å². The van der Waals surface area contributed by atoms with Crippen LogP contribution >= 0.6 is 45.2 Å². The van der Waals surface area contributed by atoms with Gasteiger partial charge < -0.3 is 8.83 Å². The Balaban J connectivity index is 1.63. The molecule has 0 fully saturated rings. The molecule has 26 heavy (non-hydrogen) atoms. The van der Waals surface area contributed by atoms with Gasteiger partial charge in [0.25, 0.3) is 0 Å². The molecule has 0 aliphatic heterocycles. The first-order valence-electron chi connectivity index (χ1n) is 7.89. The molecule has 3 aromatic carbocycles. The standard InChI is InChI=1S/C20H10I2N2O2/c21-13-5-1-3-11(7-13)19-23-15-9-16-18(10-17(15)25-19)26-20(24-16)12-4-2-6-14(22)8-12/h1-10H. The highest BCUT2D eigenvalue weighted by molar-refractivity contribution is 14.1. The molecule has 0 spiro atoms. The molecule has 6 heteroatoms. The van der Waals surface area contributed by atoms with Crippen LogP contribution in [0.5, 0.6) is 0 Å². The highest BCUT2D eigenvalue weighted by Gasteiger charge is 2.14. The molecule has 2 aromatic heterocycles. The number of hydrogen-bond donors (Lipinski definition) is 0. The van der Waals surface area contributed by atoms with E-state index in [1.807, 2.05) is 60.7 Å². The fourth-order valence-corrected chi connectivity index (χ4v) is 3.93. The second kappa shape index (κ2) is 6.34. The maximum Gasteiger partial charge on any atom is 0.227 e. The number of halogens is 2. The van der Waals surface area contributed by atoms with E-state index in [0.29, 0.717) is 22.9 Å². The van der Waals surface area contributed by atoms with Gasteiger partial charge in [-0.3, -0.25) is 0 Å². The highest BCUT2D eigenvalue weighted by Crippen LogP contribution is 2.31. The van der Waals surface area contributed by atoms with Gasteiger partial charge in [0.1, 0.15) is 11.0 Å². The van der Waals surface area contributed by atoms with Gasteiger partial charge in [-0.1, -0.05) is 12.1 Å². The molecule has 0 bridgehead atoms. The SMILES string of the molecule is Ic1cccc(-c2nc3cc4nc(-c5cccc(I)c5)oc4cc3o2)c1. The molecular formula is C20H10I2N2O2. The van der Waals surface area contributed by atoms with Crippen LogP contribution in [0.1, 0.15) is 0 Å². The molecule has 0 atom stereocenters. The lowest BCUT2D eigenvalue weighted by molar-refractivity contribution is 0.609. The van der Waals surface area contributed by atoms with Crippen LogP contribution < -0.4 is 0 Å². The summed E-state index contributed by atoms with van der Waals surface area (Å²) in [6.07, 6.45) is 0. The van der Waals surface area contributed by atoms with Crippen LogP contribution in [0.2, 0.25) is 0 Å². The van der Waals surface area contributed by atoms with E-state index in [9.17, 15) is 0 Å². The molecule has 4 nitrogen and oxygen atoms in total. The molecule has 0 saturated carbocycles. The predicted octanol–water partition coefficient (Wildman–Crippen LogP) is 6.51. The Morgan fingerprint density at radius 3 is 1.58 bits per heavy atom. The quantitative estimate of drug-likeness (QED) is 0.230. The Kier molecular flexibility index (Phi) is 3.96. The van der Waals surface area contributed by atoms with Gasteiger partial charge in [0.2, 0.25) is 11.8 Å². The van der Waals surface area contributed by atoms with Crippen molar-refractivity contribution in [2.45, 2.75) is 0 Å². The lowest BCUT2D eigenvalue weighted by atomic mass is 10.2. The molecule has 0 amide bonds. The maximum atomic E-state index is 5.95. The summed E-state index contributed by atoms with van der Waals surface area (Å²) in [4.78, 5) is 9.23. The van der Waals surface area contributed by atoms with Gasteiger partial charge in [0.05, 0.1) is 0 Å². The van der Waals surface area contributed by atoms with Crippen LogP contribution in [-0.2, 0) is 0 Å². The molecule has 0 unspecified atom stereocenters. The van der Waals surface area contributed by atoms with Gasteiger partial charge in [-0.05, 0) is 87.6 Å². The molecule has 0 aliphatic carbocycles. The van der Waals surface area contributed by atoms with Gasteiger partial charge in [-0.2, -0.15) is 0 Å². The Bertz CT molecular complexity index is 1130. The average Bonchev–Trinajstić information content (AvgIpc) is 3.22. The monoisotopic (exact) mass is 564 g/mol. The first-order chi connectivity index (χ1) is 12.7. The Morgan fingerprint density at radius 2 is 1.12 bits per heavy atom. The average molecular weight is 564 g/mol. The molecule has 5 aromatic rings. The first-order valence-corrected chi connectivity index (χ1v) is 10.0. The van der Waals surface area contributed by atoms with Crippen molar-refractivity contribution in [3.05, 3.63) is 67.8 Å². The molecule has 0 aliphatic rings. The summed E-state index contributed by atoms with van der Waals surface area (Å²) >= 11 is 4.56. The molecule has 0 radical (unpaired) electrons. The van der Waals surface area contributed by atoms with Crippen molar-refractivity contribution in [1.29, 1.82) is 0 Å². The smallest absolute Gasteiger partial charge is 0.227 e. The van der Waals surface area contributed by atoms with E-state index in [4.69, 9.17) is 8.83 Å². The van der Waals surface area contributed by atoms with Crippen molar-refractivity contribution in [3.8, 4) is 22.9 Å². The van der Waals surface area contributed by atoms with Gasteiger partial charge in [0, 0.05) is 24.3 Å². The number of fused-ring (bicyclic) bond motifs is 2. The second-order valence-electron chi connectivity index (χ2n) is 5.85. The third kappa shape index (κ3) is 2.90. The Morgan fingerprint density at radius 1 is 0.615 bits per heavy atom. The molecule has 5 rings (SSSR count). The largest absolute Gasteiger partial charge is 0.436 e. The van der Waals surface area contributed by atoms with Crippen LogP contribution in [0.25, 0.3) is 45.1 Å². The molecule has 0 saturated heterocycles. The zero-order valence-electron chi connectivity index (χ0n) is 13.2. The van der Waals surface area contributed by atoms with E-state index in [0.717, 1.165) is 29.3 Å². The summed E-state index contributed by atoms with van der Waals surface area (Å²) in [5, 5.41) is 0. The Hall–Kier alpha value is -1.94. The van der Waals surface area contributed by atoms with Gasteiger partial charge >= 0.3 is 0 Å². The summed E-state index contributed by atoms with van der Waals surface area (Å²) < 4.78 is 14.2. The molecular weight excluding hydrogens is 554 g/mol. The minimum absolute atomic E-state index is 0.601. The van der Waals surface area contributed by atoms with Crippen molar-refractivity contribution in [3.63, 3.8) is 0 Å². The molecule has 0 N–H and O–H groups in total.